The Labute approximate surface area is 101 Å². The van der Waals surface area contributed by atoms with Crippen molar-refractivity contribution in [2.75, 3.05) is 13.7 Å². The molecular weight excluding hydrogens is 220 g/mol. The highest BCUT2D eigenvalue weighted by Crippen LogP contribution is 2.22. The third-order valence-corrected chi connectivity index (χ3v) is 2.57. The number of hydrogen-bond donors (Lipinski definition) is 1. The Morgan fingerprint density at radius 3 is 2.71 bits per heavy atom. The second kappa shape index (κ2) is 5.68. The van der Waals surface area contributed by atoms with Gasteiger partial charge >= 0.3 is 5.97 Å². The van der Waals surface area contributed by atoms with Crippen molar-refractivity contribution >= 4 is 5.97 Å². The van der Waals surface area contributed by atoms with Crippen molar-refractivity contribution in [3.63, 3.8) is 0 Å². The van der Waals surface area contributed by atoms with Crippen LogP contribution in [0, 0.1) is 6.92 Å². The fourth-order valence-corrected chi connectivity index (χ4v) is 1.44. The van der Waals surface area contributed by atoms with Crippen molar-refractivity contribution in [3.05, 3.63) is 29.8 Å². The van der Waals surface area contributed by atoms with Crippen LogP contribution in [-0.4, -0.2) is 30.4 Å². The van der Waals surface area contributed by atoms with Crippen LogP contribution < -0.4 is 4.74 Å². The van der Waals surface area contributed by atoms with E-state index in [9.17, 15) is 9.90 Å². The first-order valence-corrected chi connectivity index (χ1v) is 5.46. The van der Waals surface area contributed by atoms with Crippen LogP contribution in [0.25, 0.3) is 0 Å². The number of aliphatic carboxylic acids is 1. The van der Waals surface area contributed by atoms with E-state index < -0.39 is 11.6 Å². The average molecular weight is 238 g/mol. The topological polar surface area (TPSA) is 55.8 Å². The molecule has 0 fully saturated rings. The van der Waals surface area contributed by atoms with E-state index in [4.69, 9.17) is 9.47 Å². The van der Waals surface area contributed by atoms with Gasteiger partial charge in [-0.1, -0.05) is 12.1 Å². The van der Waals surface area contributed by atoms with Crippen LogP contribution in [0.4, 0.5) is 0 Å². The standard InChI is InChI=1S/C13H18O4/c1-10-5-4-6-11(9-10)17-13(2,12(14)15)7-8-16-3/h4-6,9H,7-8H2,1-3H3,(H,14,15). The Kier molecular flexibility index (Phi) is 4.52. The zero-order valence-electron chi connectivity index (χ0n) is 10.4. The van der Waals surface area contributed by atoms with Crippen LogP contribution in [0.3, 0.4) is 0 Å². The molecule has 17 heavy (non-hydrogen) atoms. The normalized spacial score (nSPS) is 14.1. The first-order chi connectivity index (χ1) is 7.98. The van der Waals surface area contributed by atoms with E-state index in [2.05, 4.69) is 0 Å². The van der Waals surface area contributed by atoms with Crippen molar-refractivity contribution in [1.82, 2.24) is 0 Å². The van der Waals surface area contributed by atoms with Crippen LogP contribution in [0.2, 0.25) is 0 Å². The number of carbonyl (C=O) groups is 1. The molecule has 0 aliphatic rings. The summed E-state index contributed by atoms with van der Waals surface area (Å²) in [5.41, 5.74) is -0.231. The van der Waals surface area contributed by atoms with Crippen molar-refractivity contribution < 1.29 is 19.4 Å². The van der Waals surface area contributed by atoms with E-state index in [-0.39, 0.29) is 0 Å². The van der Waals surface area contributed by atoms with Gasteiger partial charge in [-0.15, -0.1) is 0 Å². The minimum Gasteiger partial charge on any atom is -0.478 e. The number of hydrogen-bond acceptors (Lipinski definition) is 3. The van der Waals surface area contributed by atoms with Crippen LogP contribution in [0.1, 0.15) is 18.9 Å². The Morgan fingerprint density at radius 1 is 1.47 bits per heavy atom. The van der Waals surface area contributed by atoms with E-state index in [1.165, 1.54) is 7.11 Å². The monoisotopic (exact) mass is 238 g/mol. The highest BCUT2D eigenvalue weighted by atomic mass is 16.5. The lowest BCUT2D eigenvalue weighted by molar-refractivity contribution is -0.155. The summed E-state index contributed by atoms with van der Waals surface area (Å²) in [5.74, 6) is -0.429. The summed E-state index contributed by atoms with van der Waals surface area (Å²) in [5, 5.41) is 9.21. The minimum atomic E-state index is -1.26. The van der Waals surface area contributed by atoms with Crippen LogP contribution in [0.5, 0.6) is 5.75 Å². The summed E-state index contributed by atoms with van der Waals surface area (Å²) < 4.78 is 10.5. The van der Waals surface area contributed by atoms with Crippen molar-refractivity contribution in [1.29, 1.82) is 0 Å². The number of rotatable bonds is 6. The van der Waals surface area contributed by atoms with Crippen molar-refractivity contribution in [2.24, 2.45) is 0 Å². The van der Waals surface area contributed by atoms with E-state index in [0.29, 0.717) is 18.8 Å². The SMILES string of the molecule is COCCC(C)(Oc1cccc(C)c1)C(=O)O. The third kappa shape index (κ3) is 3.75. The van der Waals surface area contributed by atoms with Gasteiger partial charge in [0.1, 0.15) is 5.75 Å². The van der Waals surface area contributed by atoms with Gasteiger partial charge in [0.05, 0.1) is 6.61 Å². The largest absolute Gasteiger partial charge is 0.478 e. The number of benzene rings is 1. The first-order valence-electron chi connectivity index (χ1n) is 5.46. The minimum absolute atomic E-state index is 0.298. The Bertz CT molecular complexity index is 389. The van der Waals surface area contributed by atoms with Gasteiger partial charge in [-0.05, 0) is 31.5 Å². The molecule has 1 rings (SSSR count). The molecule has 0 heterocycles. The predicted molar refractivity (Wildman–Crippen MR) is 64.3 cm³/mol. The molecule has 94 valence electrons. The van der Waals surface area contributed by atoms with E-state index >= 15 is 0 Å². The quantitative estimate of drug-likeness (QED) is 0.825. The predicted octanol–water partition coefficient (Wildman–Crippen LogP) is 2.25. The number of aryl methyl sites for hydroxylation is 1. The molecule has 0 saturated carbocycles. The van der Waals surface area contributed by atoms with Crippen molar-refractivity contribution in [2.45, 2.75) is 25.9 Å². The molecule has 1 atom stereocenters. The molecule has 1 aromatic rings. The summed E-state index contributed by atoms with van der Waals surface area (Å²) in [6.45, 7) is 3.82. The lowest BCUT2D eigenvalue weighted by Crippen LogP contribution is -2.42. The molecule has 0 aliphatic carbocycles. The Hall–Kier alpha value is -1.55. The fourth-order valence-electron chi connectivity index (χ4n) is 1.44. The summed E-state index contributed by atoms with van der Waals surface area (Å²) in [6, 6.07) is 7.33. The molecule has 4 nitrogen and oxygen atoms in total. The van der Waals surface area contributed by atoms with Gasteiger partial charge in [0.15, 0.2) is 0 Å². The maximum absolute atomic E-state index is 11.2. The third-order valence-electron chi connectivity index (χ3n) is 2.57. The van der Waals surface area contributed by atoms with Gasteiger partial charge in [-0.3, -0.25) is 0 Å². The molecule has 0 bridgehead atoms. The second-order valence-electron chi connectivity index (χ2n) is 4.20. The molecule has 0 spiro atoms. The highest BCUT2D eigenvalue weighted by molar-refractivity contribution is 5.77. The van der Waals surface area contributed by atoms with Gasteiger partial charge in [0.2, 0.25) is 5.60 Å². The number of ether oxygens (including phenoxy) is 2. The molecule has 4 heteroatoms. The first kappa shape index (κ1) is 13.5. The molecule has 1 N–H and O–H groups in total. The van der Waals surface area contributed by atoms with Gasteiger partial charge in [-0.25, -0.2) is 4.79 Å². The van der Waals surface area contributed by atoms with Crippen molar-refractivity contribution in [3.8, 4) is 5.75 Å². The summed E-state index contributed by atoms with van der Waals surface area (Å²) in [4.78, 5) is 11.2. The lowest BCUT2D eigenvalue weighted by atomic mass is 10.0. The number of methoxy groups -OCH3 is 1. The molecule has 0 radical (unpaired) electrons. The second-order valence-corrected chi connectivity index (χ2v) is 4.20. The van der Waals surface area contributed by atoms with E-state index in [1.54, 1.807) is 13.0 Å². The lowest BCUT2D eigenvalue weighted by Gasteiger charge is -2.26. The van der Waals surface area contributed by atoms with E-state index in [1.807, 2.05) is 25.1 Å². The molecule has 0 aliphatic heterocycles. The zero-order chi connectivity index (χ0) is 12.9. The summed E-state index contributed by atoms with van der Waals surface area (Å²) in [7, 11) is 1.54. The number of carboxylic acids is 1. The van der Waals surface area contributed by atoms with E-state index in [0.717, 1.165) is 5.56 Å². The summed E-state index contributed by atoms with van der Waals surface area (Å²) >= 11 is 0. The van der Waals surface area contributed by atoms with Gasteiger partial charge in [-0.2, -0.15) is 0 Å². The van der Waals surface area contributed by atoms with Gasteiger partial charge in [0, 0.05) is 13.5 Å². The van der Waals surface area contributed by atoms with Gasteiger partial charge < -0.3 is 14.6 Å². The van der Waals surface area contributed by atoms with Crippen LogP contribution in [0.15, 0.2) is 24.3 Å². The Morgan fingerprint density at radius 2 is 2.18 bits per heavy atom. The molecule has 0 amide bonds. The van der Waals surface area contributed by atoms with Crippen LogP contribution in [-0.2, 0) is 9.53 Å². The molecular formula is C13H18O4. The smallest absolute Gasteiger partial charge is 0.347 e. The maximum Gasteiger partial charge on any atom is 0.347 e. The summed E-state index contributed by atoms with van der Waals surface area (Å²) in [6.07, 6.45) is 0.298. The average Bonchev–Trinajstić information content (AvgIpc) is 2.26. The molecule has 1 aromatic carbocycles. The van der Waals surface area contributed by atoms with Crippen LogP contribution >= 0.6 is 0 Å². The fraction of sp³-hybridized carbons (Fsp3) is 0.462. The molecule has 1 unspecified atom stereocenters. The molecule has 0 saturated heterocycles. The Balaban J connectivity index is 2.83. The molecule has 0 aromatic heterocycles. The maximum atomic E-state index is 11.2. The zero-order valence-corrected chi connectivity index (χ0v) is 10.4. The highest BCUT2D eigenvalue weighted by Gasteiger charge is 2.35. The number of carboxylic acid groups (broad SMARTS) is 1. The van der Waals surface area contributed by atoms with Gasteiger partial charge in [0.25, 0.3) is 0 Å².